The van der Waals surface area contributed by atoms with E-state index in [0.717, 1.165) is 5.69 Å². The van der Waals surface area contributed by atoms with Crippen LogP contribution in [0.3, 0.4) is 0 Å². The fourth-order valence-electron chi connectivity index (χ4n) is 1.17. The maximum Gasteiger partial charge on any atom is 0.184 e. The van der Waals surface area contributed by atoms with Gasteiger partial charge < -0.3 is 5.32 Å². The van der Waals surface area contributed by atoms with Crippen molar-refractivity contribution in [2.45, 2.75) is 0 Å². The van der Waals surface area contributed by atoms with Crippen molar-refractivity contribution in [3.8, 4) is 0 Å². The second-order valence-corrected chi connectivity index (χ2v) is 2.47. The van der Waals surface area contributed by atoms with Crippen LogP contribution in [0.4, 0.5) is 10.1 Å². The van der Waals surface area contributed by atoms with Crippen LogP contribution in [-0.4, -0.2) is 12.3 Å². The third-order valence-electron chi connectivity index (χ3n) is 1.72. The molecule has 0 aromatic heterocycles. The van der Waals surface area contributed by atoms with Gasteiger partial charge in [0.15, 0.2) is 5.78 Å². The van der Waals surface area contributed by atoms with Crippen LogP contribution in [0.15, 0.2) is 18.2 Å². The number of ketones is 1. The lowest BCUT2D eigenvalue weighted by Crippen LogP contribution is -2.00. The Bertz CT molecular complexity index is 322. The number of hydrogen-bond donors (Lipinski definition) is 1. The number of nitrogens with one attached hydrogen (secondary N) is 1. The molecule has 1 aromatic carbocycles. The number of hydrogen-bond acceptors (Lipinski definition) is 2. The van der Waals surface area contributed by atoms with Crippen molar-refractivity contribution in [1.82, 2.24) is 0 Å². The predicted molar refractivity (Wildman–Crippen MR) is 39.2 cm³/mol. The Hall–Kier alpha value is -1.38. The van der Waals surface area contributed by atoms with Gasteiger partial charge in [-0.05, 0) is 18.2 Å². The highest BCUT2D eigenvalue weighted by atomic mass is 19.1. The average molecular weight is 151 g/mol. The minimum absolute atomic E-state index is 0.0421. The SMILES string of the molecule is O=C1CNc2ccc(F)cc21. The lowest BCUT2D eigenvalue weighted by molar-refractivity contribution is 0.101. The summed E-state index contributed by atoms with van der Waals surface area (Å²) >= 11 is 0. The molecule has 0 amide bonds. The molecule has 0 spiro atoms. The quantitative estimate of drug-likeness (QED) is 0.607. The monoisotopic (exact) mass is 151 g/mol. The van der Waals surface area contributed by atoms with E-state index in [-0.39, 0.29) is 11.6 Å². The number of carbonyl (C=O) groups excluding carboxylic acids is 1. The van der Waals surface area contributed by atoms with Crippen LogP contribution in [0.5, 0.6) is 0 Å². The zero-order valence-electron chi connectivity index (χ0n) is 5.73. The van der Waals surface area contributed by atoms with Gasteiger partial charge in [0.2, 0.25) is 0 Å². The summed E-state index contributed by atoms with van der Waals surface area (Å²) in [4.78, 5) is 11.0. The molecule has 0 atom stereocenters. The zero-order valence-corrected chi connectivity index (χ0v) is 5.73. The predicted octanol–water partition coefficient (Wildman–Crippen LogP) is 1.43. The summed E-state index contributed by atoms with van der Waals surface area (Å²) in [6.45, 7) is 0.290. The van der Waals surface area contributed by atoms with Crippen molar-refractivity contribution in [2.75, 3.05) is 11.9 Å². The highest BCUT2D eigenvalue weighted by molar-refractivity contribution is 6.07. The van der Waals surface area contributed by atoms with Gasteiger partial charge in [0.1, 0.15) is 5.82 Å². The summed E-state index contributed by atoms with van der Waals surface area (Å²) in [5.74, 6) is -0.402. The number of Topliss-reactive ketones (excluding diaryl/α,β-unsaturated/α-hetero) is 1. The second-order valence-electron chi connectivity index (χ2n) is 2.47. The molecule has 2 nitrogen and oxygen atoms in total. The number of anilines is 1. The van der Waals surface area contributed by atoms with E-state index in [9.17, 15) is 9.18 Å². The van der Waals surface area contributed by atoms with Gasteiger partial charge in [-0.1, -0.05) is 0 Å². The minimum Gasteiger partial charge on any atom is -0.377 e. The van der Waals surface area contributed by atoms with Crippen molar-refractivity contribution < 1.29 is 9.18 Å². The van der Waals surface area contributed by atoms with Crippen LogP contribution in [0.25, 0.3) is 0 Å². The van der Waals surface area contributed by atoms with E-state index in [0.29, 0.717) is 12.1 Å². The molecule has 0 saturated carbocycles. The van der Waals surface area contributed by atoms with Gasteiger partial charge in [0.05, 0.1) is 6.54 Å². The van der Waals surface area contributed by atoms with Crippen molar-refractivity contribution in [3.63, 3.8) is 0 Å². The average Bonchev–Trinajstić information content (AvgIpc) is 2.33. The van der Waals surface area contributed by atoms with E-state index >= 15 is 0 Å². The Balaban J connectivity index is 2.60. The fraction of sp³-hybridized carbons (Fsp3) is 0.125. The molecule has 0 unspecified atom stereocenters. The van der Waals surface area contributed by atoms with E-state index in [1.807, 2.05) is 0 Å². The van der Waals surface area contributed by atoms with Gasteiger partial charge >= 0.3 is 0 Å². The Morgan fingerprint density at radius 1 is 1.45 bits per heavy atom. The Morgan fingerprint density at radius 3 is 3.09 bits per heavy atom. The Morgan fingerprint density at radius 2 is 2.27 bits per heavy atom. The molecule has 1 heterocycles. The molecule has 1 N–H and O–H groups in total. The molecule has 0 bridgehead atoms. The Labute approximate surface area is 63.0 Å². The molecule has 1 aromatic rings. The maximum atomic E-state index is 12.6. The molecule has 0 aliphatic carbocycles. The summed E-state index contributed by atoms with van der Waals surface area (Å²) in [6, 6.07) is 4.18. The lowest BCUT2D eigenvalue weighted by Gasteiger charge is -1.95. The maximum absolute atomic E-state index is 12.6. The molecule has 1 aliphatic heterocycles. The Kier molecular flexibility index (Phi) is 1.18. The number of benzene rings is 1. The molecular formula is C8H6FNO. The van der Waals surface area contributed by atoms with Crippen molar-refractivity contribution in [2.24, 2.45) is 0 Å². The summed E-state index contributed by atoms with van der Waals surface area (Å²) in [5, 5.41) is 2.86. The summed E-state index contributed by atoms with van der Waals surface area (Å²) in [5.41, 5.74) is 1.20. The number of rotatable bonds is 0. The van der Waals surface area contributed by atoms with Crippen molar-refractivity contribution in [1.29, 1.82) is 0 Å². The molecule has 11 heavy (non-hydrogen) atoms. The van der Waals surface area contributed by atoms with E-state index in [1.54, 1.807) is 6.07 Å². The minimum atomic E-state index is -0.360. The van der Waals surface area contributed by atoms with E-state index in [2.05, 4.69) is 5.32 Å². The normalized spacial score (nSPS) is 14.5. The first-order valence-corrected chi connectivity index (χ1v) is 3.34. The molecule has 0 radical (unpaired) electrons. The summed E-state index contributed by atoms with van der Waals surface area (Å²) in [7, 11) is 0. The van der Waals surface area contributed by atoms with Gasteiger partial charge in [-0.2, -0.15) is 0 Å². The van der Waals surface area contributed by atoms with E-state index in [1.165, 1.54) is 12.1 Å². The second kappa shape index (κ2) is 2.05. The molecule has 3 heteroatoms. The van der Waals surface area contributed by atoms with Gasteiger partial charge in [0.25, 0.3) is 0 Å². The number of halogens is 1. The van der Waals surface area contributed by atoms with Crippen LogP contribution in [0.1, 0.15) is 10.4 Å². The highest BCUT2D eigenvalue weighted by Gasteiger charge is 2.18. The molecular weight excluding hydrogens is 145 g/mol. The number of carbonyl (C=O) groups is 1. The van der Waals surface area contributed by atoms with Gasteiger partial charge in [-0.3, -0.25) is 4.79 Å². The fourth-order valence-corrected chi connectivity index (χ4v) is 1.17. The van der Waals surface area contributed by atoms with Crippen LogP contribution in [-0.2, 0) is 0 Å². The standard InChI is InChI=1S/C8H6FNO/c9-5-1-2-7-6(3-5)8(11)4-10-7/h1-3,10H,4H2. The first-order valence-electron chi connectivity index (χ1n) is 3.34. The lowest BCUT2D eigenvalue weighted by atomic mass is 10.1. The van der Waals surface area contributed by atoms with Crippen LogP contribution >= 0.6 is 0 Å². The smallest absolute Gasteiger partial charge is 0.184 e. The van der Waals surface area contributed by atoms with Crippen LogP contribution in [0.2, 0.25) is 0 Å². The van der Waals surface area contributed by atoms with Gasteiger partial charge in [-0.15, -0.1) is 0 Å². The first kappa shape index (κ1) is 6.34. The van der Waals surface area contributed by atoms with E-state index in [4.69, 9.17) is 0 Å². The molecule has 56 valence electrons. The molecule has 0 fully saturated rings. The van der Waals surface area contributed by atoms with Gasteiger partial charge in [0, 0.05) is 11.3 Å². The van der Waals surface area contributed by atoms with Crippen molar-refractivity contribution in [3.05, 3.63) is 29.6 Å². The van der Waals surface area contributed by atoms with Crippen LogP contribution < -0.4 is 5.32 Å². The molecule has 2 rings (SSSR count). The third-order valence-corrected chi connectivity index (χ3v) is 1.72. The number of fused-ring (bicyclic) bond motifs is 1. The topological polar surface area (TPSA) is 29.1 Å². The zero-order chi connectivity index (χ0) is 7.84. The van der Waals surface area contributed by atoms with Crippen LogP contribution in [0, 0.1) is 5.82 Å². The third kappa shape index (κ3) is 0.888. The van der Waals surface area contributed by atoms with E-state index < -0.39 is 0 Å². The first-order chi connectivity index (χ1) is 5.27. The summed E-state index contributed by atoms with van der Waals surface area (Å²) < 4.78 is 12.6. The van der Waals surface area contributed by atoms with Gasteiger partial charge in [-0.25, -0.2) is 4.39 Å². The largest absolute Gasteiger partial charge is 0.377 e. The highest BCUT2D eigenvalue weighted by Crippen LogP contribution is 2.21. The van der Waals surface area contributed by atoms with Crippen molar-refractivity contribution >= 4 is 11.5 Å². The summed E-state index contributed by atoms with van der Waals surface area (Å²) in [6.07, 6.45) is 0. The molecule has 1 aliphatic rings. The molecule has 0 saturated heterocycles.